The highest BCUT2D eigenvalue weighted by Gasteiger charge is 2.31. The predicted molar refractivity (Wildman–Crippen MR) is 178 cm³/mol. The minimum atomic E-state index is -3.54. The molecule has 0 aromatic heterocycles. The van der Waals surface area contributed by atoms with E-state index in [4.69, 9.17) is 4.74 Å². The van der Waals surface area contributed by atoms with Gasteiger partial charge in [0.1, 0.15) is 17.6 Å². The molecule has 4 aromatic rings. The smallest absolute Gasteiger partial charge is 0.243 e. The van der Waals surface area contributed by atoms with Gasteiger partial charge in [-0.2, -0.15) is 4.31 Å². The van der Waals surface area contributed by atoms with Crippen molar-refractivity contribution in [2.45, 2.75) is 56.1 Å². The molecule has 1 aliphatic rings. The summed E-state index contributed by atoms with van der Waals surface area (Å²) in [5.74, 6) is -0.328. The summed E-state index contributed by atoms with van der Waals surface area (Å²) >= 11 is 0. The van der Waals surface area contributed by atoms with Crippen molar-refractivity contribution >= 4 is 21.8 Å². The number of nitrogens with zero attached hydrogens (tertiary/aromatic N) is 2. The number of rotatable bonds is 14. The predicted octanol–water partition coefficient (Wildman–Crippen LogP) is 5.51. The van der Waals surface area contributed by atoms with E-state index in [1.807, 2.05) is 54.6 Å². The van der Waals surface area contributed by atoms with Crippen LogP contribution in [0.25, 0.3) is 0 Å². The van der Waals surface area contributed by atoms with E-state index in [0.29, 0.717) is 30.8 Å². The summed E-state index contributed by atoms with van der Waals surface area (Å²) in [5, 5.41) is 3.01. The molecule has 1 atom stereocenters. The van der Waals surface area contributed by atoms with Gasteiger partial charge in [0.25, 0.3) is 0 Å². The van der Waals surface area contributed by atoms with Crippen LogP contribution in [-0.4, -0.2) is 55.7 Å². The highest BCUT2D eigenvalue weighted by atomic mass is 32.2. The monoisotopic (exact) mass is 657 g/mol. The molecular weight excluding hydrogens is 617 g/mol. The summed E-state index contributed by atoms with van der Waals surface area (Å²) in [5.41, 5.74) is 3.18. The number of nitrogens with one attached hydrogen (secondary N) is 1. The lowest BCUT2D eigenvalue weighted by atomic mass is 10.0. The lowest BCUT2D eigenvalue weighted by Gasteiger charge is -2.32. The topological polar surface area (TPSA) is 96.0 Å². The van der Waals surface area contributed by atoms with E-state index in [1.165, 1.54) is 16.4 Å². The largest absolute Gasteiger partial charge is 0.496 e. The molecule has 0 spiro atoms. The van der Waals surface area contributed by atoms with E-state index in [-0.39, 0.29) is 42.6 Å². The Morgan fingerprint density at radius 1 is 0.851 bits per heavy atom. The van der Waals surface area contributed by atoms with Crippen LogP contribution in [0.15, 0.2) is 108 Å². The maximum Gasteiger partial charge on any atom is 0.243 e. The normalized spacial score (nSPS) is 14.0. The van der Waals surface area contributed by atoms with Gasteiger partial charge in [0.2, 0.25) is 21.8 Å². The summed E-state index contributed by atoms with van der Waals surface area (Å²) in [7, 11) is -1.97. The van der Waals surface area contributed by atoms with Crippen molar-refractivity contribution in [2.75, 3.05) is 20.2 Å². The van der Waals surface area contributed by atoms with Crippen LogP contribution in [0.4, 0.5) is 4.39 Å². The summed E-state index contributed by atoms with van der Waals surface area (Å²) < 4.78 is 46.7. The second kappa shape index (κ2) is 15.8. The van der Waals surface area contributed by atoms with Crippen LogP contribution in [0, 0.1) is 5.82 Å². The van der Waals surface area contributed by atoms with Gasteiger partial charge in [-0.1, -0.05) is 72.8 Å². The second-order valence-corrected chi connectivity index (χ2v) is 13.6. The molecule has 1 N–H and O–H groups in total. The van der Waals surface area contributed by atoms with Crippen LogP contribution in [0.2, 0.25) is 0 Å². The van der Waals surface area contributed by atoms with Crippen LogP contribution in [0.3, 0.4) is 0 Å². The number of benzene rings is 4. The molecule has 10 heteroatoms. The molecule has 5 rings (SSSR count). The summed E-state index contributed by atoms with van der Waals surface area (Å²) in [6.45, 7) is 1.36. The molecule has 0 unspecified atom stereocenters. The average molecular weight is 658 g/mol. The molecule has 1 fully saturated rings. The number of carbonyl (C=O) groups is 2. The third-order valence-corrected chi connectivity index (χ3v) is 10.3. The van der Waals surface area contributed by atoms with Gasteiger partial charge in [-0.15, -0.1) is 0 Å². The van der Waals surface area contributed by atoms with Crippen molar-refractivity contribution in [3.63, 3.8) is 0 Å². The maximum absolute atomic E-state index is 14.0. The molecule has 0 aliphatic carbocycles. The zero-order valence-corrected chi connectivity index (χ0v) is 27.3. The highest BCUT2D eigenvalue weighted by molar-refractivity contribution is 7.89. The Morgan fingerprint density at radius 2 is 1.49 bits per heavy atom. The number of amides is 2. The number of ether oxygens (including phenoxy) is 1. The molecule has 1 saturated heterocycles. The Hall–Kier alpha value is -4.54. The minimum absolute atomic E-state index is 0.0878. The van der Waals surface area contributed by atoms with Gasteiger partial charge in [-0.25, -0.2) is 12.8 Å². The first kappa shape index (κ1) is 33.8. The zero-order valence-electron chi connectivity index (χ0n) is 26.5. The Bertz CT molecular complexity index is 1740. The van der Waals surface area contributed by atoms with Gasteiger partial charge in [-0.3, -0.25) is 9.59 Å². The molecule has 0 saturated carbocycles. The minimum Gasteiger partial charge on any atom is -0.496 e. The van der Waals surface area contributed by atoms with Crippen LogP contribution < -0.4 is 10.1 Å². The number of carbonyl (C=O) groups excluding carboxylic acids is 2. The molecule has 8 nitrogen and oxygen atoms in total. The Balaban J connectivity index is 1.37. The summed E-state index contributed by atoms with van der Waals surface area (Å²) in [6, 6.07) is 28.6. The van der Waals surface area contributed by atoms with E-state index < -0.39 is 21.9 Å². The zero-order chi connectivity index (χ0) is 33.2. The molecule has 1 aliphatic heterocycles. The summed E-state index contributed by atoms with van der Waals surface area (Å²) in [4.78, 5) is 29.8. The number of halogens is 1. The summed E-state index contributed by atoms with van der Waals surface area (Å²) in [6.07, 6.45) is 2.43. The number of para-hydroxylation sites is 1. The lowest BCUT2D eigenvalue weighted by Crippen LogP contribution is -2.50. The first-order valence-corrected chi connectivity index (χ1v) is 17.2. The van der Waals surface area contributed by atoms with Crippen molar-refractivity contribution < 1.29 is 27.1 Å². The van der Waals surface area contributed by atoms with Gasteiger partial charge >= 0.3 is 0 Å². The van der Waals surface area contributed by atoms with Crippen LogP contribution >= 0.6 is 0 Å². The molecule has 0 radical (unpaired) electrons. The number of hydrogen-bond acceptors (Lipinski definition) is 5. The Labute approximate surface area is 276 Å². The molecule has 4 aromatic carbocycles. The van der Waals surface area contributed by atoms with Crippen molar-refractivity contribution in [3.05, 3.63) is 131 Å². The molecular formula is C37H40FN3O5S. The lowest BCUT2D eigenvalue weighted by molar-refractivity contribution is -0.141. The van der Waals surface area contributed by atoms with E-state index in [2.05, 4.69) is 5.32 Å². The van der Waals surface area contributed by atoms with Crippen LogP contribution in [0.5, 0.6) is 5.75 Å². The first-order valence-electron chi connectivity index (χ1n) is 15.8. The molecule has 0 bridgehead atoms. The Kier molecular flexibility index (Phi) is 11.4. The molecule has 1 heterocycles. The molecule has 2 amide bonds. The number of aryl methyl sites for hydroxylation is 1. The third kappa shape index (κ3) is 8.84. The van der Waals surface area contributed by atoms with E-state index in [0.717, 1.165) is 29.5 Å². The molecule has 47 heavy (non-hydrogen) atoms. The van der Waals surface area contributed by atoms with Gasteiger partial charge in [0, 0.05) is 44.6 Å². The average Bonchev–Trinajstić information content (AvgIpc) is 3.66. The fourth-order valence-corrected chi connectivity index (χ4v) is 7.31. The quantitative estimate of drug-likeness (QED) is 0.193. The van der Waals surface area contributed by atoms with Crippen molar-refractivity contribution in [1.29, 1.82) is 0 Å². The first-order chi connectivity index (χ1) is 22.7. The van der Waals surface area contributed by atoms with Crippen molar-refractivity contribution in [1.82, 2.24) is 14.5 Å². The van der Waals surface area contributed by atoms with E-state index in [9.17, 15) is 22.4 Å². The fraction of sp³-hybridized carbons (Fsp3) is 0.297. The van der Waals surface area contributed by atoms with E-state index in [1.54, 1.807) is 48.4 Å². The highest BCUT2D eigenvalue weighted by Crippen LogP contribution is 2.23. The SMILES string of the molecule is COc1ccccc1CNC(=O)[C@@H](Cc1ccccc1)N(Cc1ccc(F)cc1)C(=O)CCc1ccc(S(=O)(=O)N2CCCC2)cc1. The Morgan fingerprint density at radius 3 is 2.17 bits per heavy atom. The second-order valence-electron chi connectivity index (χ2n) is 11.6. The van der Waals surface area contributed by atoms with E-state index >= 15 is 0 Å². The third-order valence-electron chi connectivity index (χ3n) is 8.44. The van der Waals surface area contributed by atoms with Gasteiger partial charge in [0.15, 0.2) is 0 Å². The van der Waals surface area contributed by atoms with Crippen LogP contribution in [0.1, 0.15) is 41.5 Å². The van der Waals surface area contributed by atoms with Gasteiger partial charge in [0.05, 0.1) is 12.0 Å². The number of hydrogen-bond donors (Lipinski definition) is 1. The standard InChI is InChI=1S/C37H40FN3O5S/c1-46-35-12-6-5-11-31(35)26-39-37(43)34(25-29-9-3-2-4-10-29)41(27-30-13-18-32(38)19-14-30)36(42)22-17-28-15-20-33(21-16-28)47(44,45)40-23-7-8-24-40/h2-6,9-16,18-21,34H,7-8,17,22-27H2,1H3,(H,39,43)/t34-/m1/s1. The molecule has 246 valence electrons. The number of sulfonamides is 1. The maximum atomic E-state index is 14.0. The van der Waals surface area contributed by atoms with Crippen LogP contribution in [-0.2, 0) is 45.5 Å². The fourth-order valence-electron chi connectivity index (χ4n) is 5.79. The van der Waals surface area contributed by atoms with Crippen molar-refractivity contribution in [2.24, 2.45) is 0 Å². The van der Waals surface area contributed by atoms with Gasteiger partial charge in [-0.05, 0) is 66.3 Å². The number of methoxy groups -OCH3 is 1. The van der Waals surface area contributed by atoms with Gasteiger partial charge < -0.3 is 15.0 Å². The van der Waals surface area contributed by atoms with Crippen molar-refractivity contribution in [3.8, 4) is 5.75 Å².